The molecule has 8 heteroatoms. The molecule has 37 heavy (non-hydrogen) atoms. The van der Waals surface area contributed by atoms with Crippen molar-refractivity contribution in [2.24, 2.45) is 0 Å². The van der Waals surface area contributed by atoms with E-state index in [4.69, 9.17) is 0 Å². The van der Waals surface area contributed by atoms with E-state index in [9.17, 15) is 0 Å². The number of aromatic nitrogens is 4. The summed E-state index contributed by atoms with van der Waals surface area (Å²) in [7, 11) is 2.23. The molecule has 0 bridgehead atoms. The van der Waals surface area contributed by atoms with E-state index in [0.717, 1.165) is 47.4 Å². The van der Waals surface area contributed by atoms with E-state index >= 15 is 0 Å². The van der Waals surface area contributed by atoms with E-state index in [-0.39, 0.29) is 0 Å². The summed E-state index contributed by atoms with van der Waals surface area (Å²) in [6.07, 6.45) is 5.93. The molecule has 0 unspecified atom stereocenters. The first-order valence-electron chi connectivity index (χ1n) is 13.4. The van der Waals surface area contributed by atoms with Gasteiger partial charge in [0.2, 0.25) is 0 Å². The molecular weight excluding hydrogens is 460 g/mol. The predicted octanol–water partition coefficient (Wildman–Crippen LogP) is 4.39. The molecule has 0 radical (unpaired) electrons. The smallest absolute Gasteiger partial charge is 0.168 e. The molecule has 0 amide bonds. The van der Waals surface area contributed by atoms with Gasteiger partial charge in [0, 0.05) is 56.7 Å². The highest BCUT2D eigenvalue weighted by atomic mass is 15.3. The second kappa shape index (κ2) is 10.1. The Hall–Kier alpha value is -3.49. The highest BCUT2D eigenvalue weighted by Crippen LogP contribution is 2.29. The van der Waals surface area contributed by atoms with Crippen LogP contribution in [0.2, 0.25) is 0 Å². The van der Waals surface area contributed by atoms with Gasteiger partial charge >= 0.3 is 0 Å². The fraction of sp³-hybridized carbons (Fsp3) is 0.414. The van der Waals surface area contributed by atoms with Crippen LogP contribution >= 0.6 is 0 Å². The van der Waals surface area contributed by atoms with Crippen molar-refractivity contribution in [3.05, 3.63) is 66.1 Å². The van der Waals surface area contributed by atoms with Crippen molar-refractivity contribution < 1.29 is 0 Å². The summed E-state index contributed by atoms with van der Waals surface area (Å²) in [5.41, 5.74) is 6.52. The summed E-state index contributed by atoms with van der Waals surface area (Å²) in [5.74, 6) is 0.772. The quantitative estimate of drug-likeness (QED) is 0.440. The summed E-state index contributed by atoms with van der Waals surface area (Å²) < 4.78 is 1.90. The zero-order chi connectivity index (χ0) is 25.4. The highest BCUT2D eigenvalue weighted by Gasteiger charge is 2.26. The number of para-hydroxylation sites is 1. The molecule has 1 N–H and O–H groups in total. The monoisotopic (exact) mass is 496 g/mol. The van der Waals surface area contributed by atoms with Crippen LogP contribution in [0.15, 0.2) is 55.0 Å². The number of hydrogen-bond donors (Lipinski definition) is 1. The fourth-order valence-electron chi connectivity index (χ4n) is 5.74. The second-order valence-electron chi connectivity index (χ2n) is 10.5. The van der Waals surface area contributed by atoms with Crippen molar-refractivity contribution in [2.45, 2.75) is 32.7 Å². The van der Waals surface area contributed by atoms with Gasteiger partial charge in [0.25, 0.3) is 0 Å². The van der Waals surface area contributed by atoms with Gasteiger partial charge in [-0.3, -0.25) is 4.90 Å². The van der Waals surface area contributed by atoms with Crippen molar-refractivity contribution in [1.29, 1.82) is 0 Å². The average molecular weight is 497 g/mol. The first kappa shape index (κ1) is 23.9. The molecule has 0 saturated carbocycles. The van der Waals surface area contributed by atoms with Crippen LogP contribution in [0.1, 0.15) is 24.0 Å². The van der Waals surface area contributed by atoms with E-state index in [1.54, 1.807) is 6.33 Å². The number of piperidine rings is 1. The Labute approximate surface area is 218 Å². The number of anilines is 3. The van der Waals surface area contributed by atoms with Crippen molar-refractivity contribution in [3.63, 3.8) is 0 Å². The van der Waals surface area contributed by atoms with Crippen LogP contribution in [0.25, 0.3) is 16.7 Å². The van der Waals surface area contributed by atoms with Gasteiger partial charge in [-0.1, -0.05) is 18.2 Å². The molecule has 2 aromatic carbocycles. The molecule has 2 saturated heterocycles. The van der Waals surface area contributed by atoms with Gasteiger partial charge in [-0.2, -0.15) is 5.10 Å². The van der Waals surface area contributed by atoms with Crippen LogP contribution < -0.4 is 10.2 Å². The Kier molecular flexibility index (Phi) is 6.52. The maximum Gasteiger partial charge on any atom is 0.168 e. The molecule has 2 fully saturated rings. The molecule has 2 aliphatic rings. The Morgan fingerprint density at radius 2 is 1.49 bits per heavy atom. The van der Waals surface area contributed by atoms with E-state index in [1.807, 2.05) is 10.9 Å². The van der Waals surface area contributed by atoms with Gasteiger partial charge in [0.15, 0.2) is 5.65 Å². The lowest BCUT2D eigenvalue weighted by molar-refractivity contribution is 0.0982. The molecule has 0 atom stereocenters. The van der Waals surface area contributed by atoms with Crippen molar-refractivity contribution in [3.8, 4) is 5.69 Å². The number of aryl methyl sites for hydroxylation is 2. The molecule has 6 rings (SSSR count). The van der Waals surface area contributed by atoms with Crippen LogP contribution in [0.4, 0.5) is 17.2 Å². The Balaban J connectivity index is 1.16. The fourth-order valence-corrected chi connectivity index (χ4v) is 5.74. The number of piperazine rings is 1. The molecule has 4 heterocycles. The molecule has 4 aromatic rings. The lowest BCUT2D eigenvalue weighted by atomic mass is 10.0. The average Bonchev–Trinajstić information content (AvgIpc) is 3.37. The number of likely N-dealkylation sites (N-methyl/N-ethyl adjacent to an activating group) is 1. The van der Waals surface area contributed by atoms with Crippen LogP contribution in [0.5, 0.6) is 0 Å². The third-order valence-electron chi connectivity index (χ3n) is 8.07. The van der Waals surface area contributed by atoms with E-state index in [0.29, 0.717) is 0 Å². The summed E-state index contributed by atoms with van der Waals surface area (Å²) in [4.78, 5) is 16.7. The predicted molar refractivity (Wildman–Crippen MR) is 150 cm³/mol. The van der Waals surface area contributed by atoms with Crippen LogP contribution in [0.3, 0.4) is 0 Å². The maximum atomic E-state index is 4.67. The molecule has 2 aromatic heterocycles. The highest BCUT2D eigenvalue weighted by molar-refractivity contribution is 5.89. The van der Waals surface area contributed by atoms with Crippen LogP contribution in [-0.2, 0) is 0 Å². The van der Waals surface area contributed by atoms with Gasteiger partial charge in [0.05, 0.1) is 17.3 Å². The summed E-state index contributed by atoms with van der Waals surface area (Å²) in [6, 6.07) is 15.7. The van der Waals surface area contributed by atoms with Crippen molar-refractivity contribution in [1.82, 2.24) is 29.5 Å². The largest absolute Gasteiger partial charge is 0.371 e. The zero-order valence-electron chi connectivity index (χ0n) is 22.1. The van der Waals surface area contributed by atoms with Gasteiger partial charge < -0.3 is 15.1 Å². The standard InChI is InChI=1S/C29H36N8/c1-21-5-4-6-22(2)27(21)33-28-26-19-32-37(29(26)31-20-30-28)25-9-7-23(8-10-25)35-13-11-24(12-14-35)36-17-15-34(3)16-18-36/h4-10,19-20,24H,11-18H2,1-3H3,(H,30,31,33). The number of rotatable bonds is 5. The van der Waals surface area contributed by atoms with Crippen LogP contribution in [0, 0.1) is 13.8 Å². The SMILES string of the molecule is Cc1cccc(C)c1Nc1ncnc2c1cnn2-c1ccc(N2CCC(N3CCN(C)CC3)CC2)cc1. The second-order valence-corrected chi connectivity index (χ2v) is 10.5. The van der Waals surface area contributed by atoms with E-state index in [1.165, 1.54) is 55.8 Å². The normalized spacial score (nSPS) is 18.0. The minimum absolute atomic E-state index is 0.727. The van der Waals surface area contributed by atoms with Crippen molar-refractivity contribution in [2.75, 3.05) is 56.5 Å². The van der Waals surface area contributed by atoms with E-state index < -0.39 is 0 Å². The number of benzene rings is 2. The maximum absolute atomic E-state index is 4.67. The van der Waals surface area contributed by atoms with E-state index in [2.05, 4.69) is 98.4 Å². The summed E-state index contributed by atoms with van der Waals surface area (Å²) in [5, 5.41) is 9.09. The number of nitrogens with zero attached hydrogens (tertiary/aromatic N) is 7. The topological polar surface area (TPSA) is 65.4 Å². The summed E-state index contributed by atoms with van der Waals surface area (Å²) >= 11 is 0. The first-order chi connectivity index (χ1) is 18.1. The first-order valence-corrected chi connectivity index (χ1v) is 13.4. The van der Waals surface area contributed by atoms with Crippen molar-refractivity contribution >= 4 is 28.2 Å². The lowest BCUT2D eigenvalue weighted by Gasteiger charge is -2.42. The summed E-state index contributed by atoms with van der Waals surface area (Å²) in [6.45, 7) is 11.2. The minimum atomic E-state index is 0.727. The third-order valence-corrected chi connectivity index (χ3v) is 8.07. The molecule has 8 nitrogen and oxygen atoms in total. The zero-order valence-corrected chi connectivity index (χ0v) is 22.1. The van der Waals surface area contributed by atoms with Gasteiger partial charge in [-0.25, -0.2) is 14.6 Å². The van der Waals surface area contributed by atoms with Crippen LogP contribution in [-0.4, -0.2) is 81.9 Å². The molecule has 0 aliphatic carbocycles. The minimum Gasteiger partial charge on any atom is -0.371 e. The Bertz CT molecular complexity index is 1340. The molecule has 192 valence electrons. The number of nitrogens with one attached hydrogen (secondary N) is 1. The van der Waals surface area contributed by atoms with Gasteiger partial charge in [-0.05, 0) is 69.1 Å². The Morgan fingerprint density at radius 3 is 2.19 bits per heavy atom. The molecule has 0 spiro atoms. The number of fused-ring (bicyclic) bond motifs is 1. The Morgan fingerprint density at radius 1 is 0.811 bits per heavy atom. The third kappa shape index (κ3) is 4.79. The van der Waals surface area contributed by atoms with Gasteiger partial charge in [0.1, 0.15) is 12.1 Å². The lowest BCUT2D eigenvalue weighted by Crippen LogP contribution is -2.52. The number of hydrogen-bond acceptors (Lipinski definition) is 7. The van der Waals surface area contributed by atoms with Gasteiger partial charge in [-0.15, -0.1) is 0 Å². The molecule has 2 aliphatic heterocycles. The molecular formula is C29H36N8.